The summed E-state index contributed by atoms with van der Waals surface area (Å²) in [7, 11) is 0. The Morgan fingerprint density at radius 2 is 1.48 bits per heavy atom. The second kappa shape index (κ2) is 11.6. The quantitative estimate of drug-likeness (QED) is 0.500. The predicted octanol–water partition coefficient (Wildman–Crippen LogP) is 4.48. The van der Waals surface area contributed by atoms with Crippen molar-refractivity contribution in [3.05, 3.63) is 95.6 Å². The number of para-hydroxylation sites is 1. The minimum Gasteiger partial charge on any atom is -0.489 e. The van der Waals surface area contributed by atoms with Crippen LogP contribution < -0.4 is 14.8 Å². The minimum absolute atomic E-state index is 0.0520. The Labute approximate surface area is 183 Å². The van der Waals surface area contributed by atoms with Gasteiger partial charge in [-0.15, -0.1) is 0 Å². The Morgan fingerprint density at radius 1 is 0.774 bits per heavy atom. The number of nitrogens with one attached hydrogen (secondary N) is 1. The van der Waals surface area contributed by atoms with Crippen molar-refractivity contribution in [2.75, 3.05) is 6.61 Å². The maximum atomic E-state index is 12.1. The van der Waals surface area contributed by atoms with Crippen LogP contribution in [-0.2, 0) is 29.2 Å². The molecule has 160 valence electrons. The first kappa shape index (κ1) is 22.1. The fraction of sp³-hybridized carbons (Fsp3) is 0.231. The van der Waals surface area contributed by atoms with Gasteiger partial charge < -0.3 is 19.6 Å². The highest BCUT2D eigenvalue weighted by atomic mass is 16.5. The molecule has 3 aromatic rings. The van der Waals surface area contributed by atoms with E-state index in [4.69, 9.17) is 9.47 Å². The number of aryl methyl sites for hydroxylation is 1. The molecular formula is C26H27NO4. The lowest BCUT2D eigenvalue weighted by molar-refractivity contribution is -0.123. The fourth-order valence-electron chi connectivity index (χ4n) is 2.99. The molecule has 0 unspecified atom stereocenters. The number of ketones is 1. The number of ether oxygens (including phenoxy) is 2. The maximum absolute atomic E-state index is 12.1. The van der Waals surface area contributed by atoms with E-state index in [-0.39, 0.29) is 18.3 Å². The average Bonchev–Trinajstić information content (AvgIpc) is 2.80. The van der Waals surface area contributed by atoms with Crippen LogP contribution >= 0.6 is 0 Å². The van der Waals surface area contributed by atoms with Gasteiger partial charge in [0.05, 0.1) is 0 Å². The summed E-state index contributed by atoms with van der Waals surface area (Å²) in [6.07, 6.45) is 1.24. The largest absolute Gasteiger partial charge is 0.489 e. The number of hydrogen-bond acceptors (Lipinski definition) is 4. The van der Waals surface area contributed by atoms with Crippen LogP contribution in [0.15, 0.2) is 78.9 Å². The molecule has 1 N–H and O–H groups in total. The summed E-state index contributed by atoms with van der Waals surface area (Å²) >= 11 is 0. The lowest BCUT2D eigenvalue weighted by Crippen LogP contribution is -2.28. The SMILES string of the molecule is CC(=O)CCc1ccc(OCC(=O)NCc2cccc(COc3ccccc3)c2)cc1. The number of Topliss-reactive ketones (excluding diaryl/α,β-unsaturated/α-hetero) is 1. The van der Waals surface area contributed by atoms with Crippen LogP contribution in [0.25, 0.3) is 0 Å². The Hall–Kier alpha value is -3.60. The molecule has 3 rings (SSSR count). The van der Waals surface area contributed by atoms with Gasteiger partial charge in [-0.2, -0.15) is 0 Å². The summed E-state index contributed by atoms with van der Waals surface area (Å²) in [5.41, 5.74) is 3.11. The third kappa shape index (κ3) is 7.97. The molecule has 0 heterocycles. The normalized spacial score (nSPS) is 10.4. The highest BCUT2D eigenvalue weighted by molar-refractivity contribution is 5.77. The van der Waals surface area contributed by atoms with E-state index in [9.17, 15) is 9.59 Å². The van der Waals surface area contributed by atoms with E-state index >= 15 is 0 Å². The third-order valence-corrected chi connectivity index (χ3v) is 4.69. The van der Waals surface area contributed by atoms with Gasteiger partial charge in [0, 0.05) is 13.0 Å². The summed E-state index contributed by atoms with van der Waals surface area (Å²) in [6, 6.07) is 25.1. The molecule has 1 amide bonds. The monoisotopic (exact) mass is 417 g/mol. The molecule has 3 aromatic carbocycles. The lowest BCUT2D eigenvalue weighted by atomic mass is 10.1. The van der Waals surface area contributed by atoms with Crippen LogP contribution in [0.1, 0.15) is 30.0 Å². The molecular weight excluding hydrogens is 390 g/mol. The number of hydrogen-bond donors (Lipinski definition) is 1. The summed E-state index contributed by atoms with van der Waals surface area (Å²) in [5, 5.41) is 2.87. The third-order valence-electron chi connectivity index (χ3n) is 4.69. The van der Waals surface area contributed by atoms with Gasteiger partial charge in [-0.1, -0.05) is 54.6 Å². The fourth-order valence-corrected chi connectivity index (χ4v) is 2.99. The average molecular weight is 418 g/mol. The summed E-state index contributed by atoms with van der Waals surface area (Å²) in [6.45, 7) is 2.43. The predicted molar refractivity (Wildman–Crippen MR) is 120 cm³/mol. The zero-order valence-corrected chi connectivity index (χ0v) is 17.7. The molecule has 0 bridgehead atoms. The van der Waals surface area contributed by atoms with Gasteiger partial charge in [0.15, 0.2) is 6.61 Å². The van der Waals surface area contributed by atoms with Crippen molar-refractivity contribution in [1.29, 1.82) is 0 Å². The minimum atomic E-state index is -0.188. The van der Waals surface area contributed by atoms with Crippen LogP contribution in [0.4, 0.5) is 0 Å². The molecule has 31 heavy (non-hydrogen) atoms. The number of amides is 1. The van der Waals surface area contributed by atoms with Crippen LogP contribution in [0.3, 0.4) is 0 Å². The topological polar surface area (TPSA) is 64.6 Å². The molecule has 0 saturated heterocycles. The van der Waals surface area contributed by atoms with E-state index in [2.05, 4.69) is 5.32 Å². The van der Waals surface area contributed by atoms with E-state index in [0.717, 1.165) is 22.4 Å². The lowest BCUT2D eigenvalue weighted by Gasteiger charge is -2.10. The van der Waals surface area contributed by atoms with Crippen molar-refractivity contribution in [2.45, 2.75) is 32.9 Å². The van der Waals surface area contributed by atoms with Crippen LogP contribution in [0, 0.1) is 0 Å². The molecule has 0 aliphatic heterocycles. The second-order valence-electron chi connectivity index (χ2n) is 7.33. The molecule has 0 radical (unpaired) electrons. The standard InChI is InChI=1S/C26H27NO4/c1-20(28)10-11-21-12-14-25(15-13-21)31-19-26(29)27-17-22-6-5-7-23(16-22)18-30-24-8-3-2-4-9-24/h2-9,12-16H,10-11,17-19H2,1H3,(H,27,29). The molecule has 0 spiro atoms. The van der Waals surface area contributed by atoms with Gasteiger partial charge in [0.2, 0.25) is 0 Å². The Morgan fingerprint density at radius 3 is 2.23 bits per heavy atom. The molecule has 0 aromatic heterocycles. The van der Waals surface area contributed by atoms with Crippen LogP contribution in [0.5, 0.6) is 11.5 Å². The second-order valence-corrected chi connectivity index (χ2v) is 7.33. The summed E-state index contributed by atoms with van der Waals surface area (Å²) in [4.78, 5) is 23.2. The number of benzene rings is 3. The molecule has 5 heteroatoms. The van der Waals surface area contributed by atoms with Gasteiger partial charge in [0.25, 0.3) is 5.91 Å². The Kier molecular flexibility index (Phi) is 8.23. The molecule has 0 fully saturated rings. The van der Waals surface area contributed by atoms with E-state index < -0.39 is 0 Å². The van der Waals surface area contributed by atoms with Crippen LogP contribution in [0.2, 0.25) is 0 Å². The first-order valence-corrected chi connectivity index (χ1v) is 10.3. The smallest absolute Gasteiger partial charge is 0.258 e. The van der Waals surface area contributed by atoms with Crippen molar-refractivity contribution >= 4 is 11.7 Å². The van der Waals surface area contributed by atoms with Gasteiger partial charge in [-0.25, -0.2) is 0 Å². The maximum Gasteiger partial charge on any atom is 0.258 e. The molecule has 0 atom stereocenters. The highest BCUT2D eigenvalue weighted by Gasteiger charge is 2.05. The van der Waals surface area contributed by atoms with Crippen molar-refractivity contribution < 1.29 is 19.1 Å². The van der Waals surface area contributed by atoms with Crippen molar-refractivity contribution in [3.8, 4) is 11.5 Å². The van der Waals surface area contributed by atoms with Gasteiger partial charge in [-0.3, -0.25) is 4.79 Å². The summed E-state index contributed by atoms with van der Waals surface area (Å²) < 4.78 is 11.3. The zero-order chi connectivity index (χ0) is 21.9. The van der Waals surface area contributed by atoms with Crippen molar-refractivity contribution in [3.63, 3.8) is 0 Å². The van der Waals surface area contributed by atoms with Crippen molar-refractivity contribution in [1.82, 2.24) is 5.32 Å². The first-order chi connectivity index (χ1) is 15.1. The molecule has 0 aliphatic carbocycles. The molecule has 5 nitrogen and oxygen atoms in total. The molecule has 0 aliphatic rings. The van der Waals surface area contributed by atoms with Gasteiger partial charge in [0.1, 0.15) is 23.9 Å². The van der Waals surface area contributed by atoms with E-state index in [0.29, 0.717) is 31.7 Å². The van der Waals surface area contributed by atoms with Crippen molar-refractivity contribution in [2.24, 2.45) is 0 Å². The van der Waals surface area contributed by atoms with Gasteiger partial charge in [-0.05, 0) is 54.3 Å². The van der Waals surface area contributed by atoms with E-state index in [1.165, 1.54) is 0 Å². The number of carbonyl (C=O) groups is 2. The summed E-state index contributed by atoms with van der Waals surface area (Å²) in [5.74, 6) is 1.44. The zero-order valence-electron chi connectivity index (χ0n) is 17.7. The molecule has 0 saturated carbocycles. The Bertz CT molecular complexity index is 984. The van der Waals surface area contributed by atoms with E-state index in [1.807, 2.05) is 78.9 Å². The van der Waals surface area contributed by atoms with Crippen LogP contribution in [-0.4, -0.2) is 18.3 Å². The number of rotatable bonds is 11. The first-order valence-electron chi connectivity index (χ1n) is 10.3. The van der Waals surface area contributed by atoms with E-state index in [1.54, 1.807) is 6.92 Å². The van der Waals surface area contributed by atoms with Gasteiger partial charge >= 0.3 is 0 Å². The highest BCUT2D eigenvalue weighted by Crippen LogP contribution is 2.14. The Balaban J connectivity index is 1.40. The number of carbonyl (C=O) groups excluding carboxylic acids is 2.